The number of amides is 4. The van der Waals surface area contributed by atoms with Gasteiger partial charge in [-0.1, -0.05) is 56.3 Å². The second kappa shape index (κ2) is 12.9. The summed E-state index contributed by atoms with van der Waals surface area (Å²) >= 11 is 2.87. The average molecular weight is 555 g/mol. The largest absolute Gasteiger partial charge is 0.491 e. The number of thiazole rings is 1. The Hall–Kier alpha value is -3.41. The van der Waals surface area contributed by atoms with E-state index in [-0.39, 0.29) is 0 Å². The highest BCUT2D eigenvalue weighted by molar-refractivity contribution is 7.99. The molecule has 1 saturated heterocycles. The van der Waals surface area contributed by atoms with Crippen LogP contribution in [0, 0.1) is 0 Å². The van der Waals surface area contributed by atoms with Gasteiger partial charge in [0, 0.05) is 18.4 Å². The number of anilines is 1. The molecule has 200 valence electrons. The van der Waals surface area contributed by atoms with Crippen LogP contribution in [0.3, 0.4) is 0 Å². The minimum atomic E-state index is -1.09. The van der Waals surface area contributed by atoms with E-state index in [1.807, 2.05) is 49.6 Å². The Morgan fingerprint density at radius 2 is 1.89 bits per heavy atom. The van der Waals surface area contributed by atoms with Gasteiger partial charge in [-0.3, -0.25) is 9.59 Å². The predicted molar refractivity (Wildman–Crippen MR) is 148 cm³/mol. The zero-order valence-electron chi connectivity index (χ0n) is 21.4. The van der Waals surface area contributed by atoms with Crippen LogP contribution in [-0.2, 0) is 14.3 Å². The van der Waals surface area contributed by atoms with E-state index in [1.54, 1.807) is 43.1 Å². The maximum Gasteiger partial charge on any atom is 0.325 e. The number of thioether (sulfide) groups is 1. The number of benzene rings is 2. The van der Waals surface area contributed by atoms with E-state index in [0.29, 0.717) is 29.7 Å². The minimum absolute atomic E-state index is 0.397. The van der Waals surface area contributed by atoms with Gasteiger partial charge < -0.3 is 20.1 Å². The van der Waals surface area contributed by atoms with Crippen molar-refractivity contribution in [3.05, 3.63) is 71.1 Å². The van der Waals surface area contributed by atoms with Crippen molar-refractivity contribution in [2.45, 2.75) is 36.9 Å². The molecular formula is C27H30N4O5S2. The van der Waals surface area contributed by atoms with Crippen molar-refractivity contribution in [1.82, 2.24) is 15.2 Å². The standard InChI is InChI=1S/C27H30N4O5S2/c1-4-37-21-16-38-26(28-21)30-24(32)23(17(2)18-8-6-5-7-9-18)31-25(33)22(29-27(31)34)19-10-12-20(13-11-19)36-15-14-35-3/h5-13,16-17,22-23H,4,14-15H2,1-3H3,(H,29,34)(H,28,30,32)/t17-,22+,23-/m0/s1. The third-order valence-electron chi connectivity index (χ3n) is 6.09. The SMILES string of the molecule is CCSc1csc(NC(=O)[C@H]([C@@H](C)c2ccccc2)N2C(=O)N[C@H](c3ccc(OCCOC)cc3)C2=O)n1. The molecule has 1 aromatic heterocycles. The summed E-state index contributed by atoms with van der Waals surface area (Å²) in [6, 6.07) is 13.7. The Balaban J connectivity index is 1.58. The van der Waals surface area contributed by atoms with Crippen molar-refractivity contribution >= 4 is 46.1 Å². The second-order valence-corrected chi connectivity index (χ2v) is 10.7. The van der Waals surface area contributed by atoms with Crippen LogP contribution in [0.1, 0.15) is 36.9 Å². The van der Waals surface area contributed by atoms with Gasteiger partial charge in [0.25, 0.3) is 5.91 Å². The fourth-order valence-corrected chi connectivity index (χ4v) is 5.70. The molecule has 1 aliphatic rings. The van der Waals surface area contributed by atoms with Crippen LogP contribution in [0.25, 0.3) is 0 Å². The first kappa shape index (κ1) is 27.6. The van der Waals surface area contributed by atoms with Crippen LogP contribution in [0.15, 0.2) is 65.0 Å². The molecule has 0 unspecified atom stereocenters. The van der Waals surface area contributed by atoms with E-state index in [0.717, 1.165) is 21.2 Å². The zero-order valence-corrected chi connectivity index (χ0v) is 23.0. The van der Waals surface area contributed by atoms with Gasteiger partial charge in [-0.25, -0.2) is 14.7 Å². The summed E-state index contributed by atoms with van der Waals surface area (Å²) in [7, 11) is 1.60. The molecule has 3 aromatic rings. The first-order valence-electron chi connectivity index (χ1n) is 12.2. The number of nitrogens with zero attached hydrogens (tertiary/aromatic N) is 2. The molecule has 0 aliphatic carbocycles. The van der Waals surface area contributed by atoms with Gasteiger partial charge in [0.15, 0.2) is 5.13 Å². The number of nitrogens with one attached hydrogen (secondary N) is 2. The van der Waals surface area contributed by atoms with Crippen molar-refractivity contribution < 1.29 is 23.9 Å². The second-order valence-electron chi connectivity index (χ2n) is 8.56. The molecule has 2 N–H and O–H groups in total. The highest BCUT2D eigenvalue weighted by Crippen LogP contribution is 2.32. The molecule has 0 spiro atoms. The summed E-state index contributed by atoms with van der Waals surface area (Å²) in [5, 5.41) is 8.68. The molecule has 0 radical (unpaired) electrons. The van der Waals surface area contributed by atoms with Crippen LogP contribution in [0.4, 0.5) is 9.93 Å². The van der Waals surface area contributed by atoms with Gasteiger partial charge in [0.2, 0.25) is 5.91 Å². The highest BCUT2D eigenvalue weighted by Gasteiger charge is 2.47. The third kappa shape index (κ3) is 6.35. The van der Waals surface area contributed by atoms with Crippen molar-refractivity contribution in [1.29, 1.82) is 0 Å². The number of carbonyl (C=O) groups excluding carboxylic acids is 3. The maximum atomic E-state index is 13.6. The average Bonchev–Trinajstić information content (AvgIpc) is 3.49. The Morgan fingerprint density at radius 3 is 2.58 bits per heavy atom. The van der Waals surface area contributed by atoms with Crippen LogP contribution in [0.5, 0.6) is 5.75 Å². The van der Waals surface area contributed by atoms with E-state index in [1.165, 1.54) is 11.3 Å². The summed E-state index contributed by atoms with van der Waals surface area (Å²) in [6.07, 6.45) is 0. The number of hydrogen-bond donors (Lipinski definition) is 2. The minimum Gasteiger partial charge on any atom is -0.491 e. The fraction of sp³-hybridized carbons (Fsp3) is 0.333. The number of aromatic nitrogens is 1. The molecule has 3 atom stereocenters. The van der Waals surface area contributed by atoms with Gasteiger partial charge >= 0.3 is 6.03 Å². The number of imide groups is 1. The summed E-state index contributed by atoms with van der Waals surface area (Å²) in [6.45, 7) is 4.71. The molecule has 1 fully saturated rings. The molecule has 2 aromatic carbocycles. The number of hydrogen-bond acceptors (Lipinski definition) is 8. The van der Waals surface area contributed by atoms with Crippen molar-refractivity contribution in [3.63, 3.8) is 0 Å². The first-order chi connectivity index (χ1) is 18.4. The normalized spacial score (nSPS) is 16.7. The van der Waals surface area contributed by atoms with Gasteiger partial charge in [0.1, 0.15) is 29.5 Å². The molecule has 38 heavy (non-hydrogen) atoms. The Morgan fingerprint density at radius 1 is 1.16 bits per heavy atom. The molecule has 0 saturated carbocycles. The smallest absolute Gasteiger partial charge is 0.325 e. The lowest BCUT2D eigenvalue weighted by atomic mass is 9.91. The van der Waals surface area contributed by atoms with E-state index in [9.17, 15) is 14.4 Å². The monoisotopic (exact) mass is 554 g/mol. The molecule has 9 nitrogen and oxygen atoms in total. The van der Waals surface area contributed by atoms with E-state index < -0.39 is 35.8 Å². The Kier molecular flexibility index (Phi) is 9.38. The summed E-state index contributed by atoms with van der Waals surface area (Å²) < 4.78 is 10.6. The Bertz CT molecular complexity index is 1250. The van der Waals surface area contributed by atoms with E-state index in [4.69, 9.17) is 9.47 Å². The number of urea groups is 1. The first-order valence-corrected chi connectivity index (χ1v) is 14.1. The van der Waals surface area contributed by atoms with Gasteiger partial charge in [-0.2, -0.15) is 0 Å². The number of ether oxygens (including phenoxy) is 2. The lowest BCUT2D eigenvalue weighted by Gasteiger charge is -2.29. The number of carbonyl (C=O) groups is 3. The summed E-state index contributed by atoms with van der Waals surface area (Å²) in [5.74, 6) is 0.0424. The van der Waals surface area contributed by atoms with E-state index >= 15 is 0 Å². The van der Waals surface area contributed by atoms with E-state index in [2.05, 4.69) is 15.6 Å². The van der Waals surface area contributed by atoms with Gasteiger partial charge in [0.05, 0.1) is 6.61 Å². The summed E-state index contributed by atoms with van der Waals surface area (Å²) in [5.41, 5.74) is 1.42. The lowest BCUT2D eigenvalue weighted by Crippen LogP contribution is -2.50. The quantitative estimate of drug-likeness (QED) is 0.190. The van der Waals surface area contributed by atoms with Crippen molar-refractivity contribution in [2.24, 2.45) is 0 Å². The van der Waals surface area contributed by atoms with Crippen LogP contribution < -0.4 is 15.4 Å². The van der Waals surface area contributed by atoms with Gasteiger partial charge in [-0.15, -0.1) is 23.1 Å². The lowest BCUT2D eigenvalue weighted by molar-refractivity contribution is -0.134. The van der Waals surface area contributed by atoms with Crippen LogP contribution >= 0.6 is 23.1 Å². The molecule has 4 amide bonds. The topological polar surface area (TPSA) is 110 Å². The van der Waals surface area contributed by atoms with Crippen molar-refractivity contribution in [2.75, 3.05) is 31.4 Å². The van der Waals surface area contributed by atoms with Crippen LogP contribution in [0.2, 0.25) is 0 Å². The third-order valence-corrected chi connectivity index (χ3v) is 7.79. The fourth-order valence-electron chi connectivity index (χ4n) is 4.20. The summed E-state index contributed by atoms with van der Waals surface area (Å²) in [4.78, 5) is 45.9. The Labute approximate surface area is 229 Å². The molecule has 11 heteroatoms. The van der Waals surface area contributed by atoms with Crippen LogP contribution in [-0.4, -0.2) is 59.8 Å². The highest BCUT2D eigenvalue weighted by atomic mass is 32.2. The van der Waals surface area contributed by atoms with Gasteiger partial charge in [-0.05, 0) is 29.0 Å². The molecule has 4 rings (SSSR count). The molecule has 2 heterocycles. The molecule has 0 bridgehead atoms. The number of methoxy groups -OCH3 is 1. The number of rotatable bonds is 12. The zero-order chi connectivity index (χ0) is 27.1. The molecule has 1 aliphatic heterocycles. The van der Waals surface area contributed by atoms with Crippen molar-refractivity contribution in [3.8, 4) is 5.75 Å². The maximum absolute atomic E-state index is 13.6. The molecular weight excluding hydrogens is 524 g/mol. The predicted octanol–water partition coefficient (Wildman–Crippen LogP) is 4.68.